The minimum absolute atomic E-state index is 0.305. The van der Waals surface area contributed by atoms with Gasteiger partial charge in [-0.25, -0.2) is 4.39 Å². The van der Waals surface area contributed by atoms with Crippen molar-refractivity contribution in [3.63, 3.8) is 0 Å². The SMILES string of the molecule is CN=C(NCc1ncccc1F)NCC(c1cccs1)N1CCCC1. The highest BCUT2D eigenvalue weighted by Gasteiger charge is 2.24. The van der Waals surface area contributed by atoms with Gasteiger partial charge in [-0.1, -0.05) is 6.07 Å². The fourth-order valence-corrected chi connectivity index (χ4v) is 3.93. The minimum Gasteiger partial charge on any atom is -0.354 e. The van der Waals surface area contributed by atoms with Gasteiger partial charge in [-0.05, 0) is 49.5 Å². The van der Waals surface area contributed by atoms with Crippen LogP contribution in [-0.4, -0.2) is 42.5 Å². The second kappa shape index (κ2) is 8.92. The maximum atomic E-state index is 13.7. The Balaban J connectivity index is 1.58. The molecule has 0 spiro atoms. The van der Waals surface area contributed by atoms with E-state index in [4.69, 9.17) is 0 Å². The molecule has 1 aliphatic heterocycles. The zero-order valence-electron chi connectivity index (χ0n) is 14.4. The highest BCUT2D eigenvalue weighted by Crippen LogP contribution is 2.27. The molecule has 5 nitrogen and oxygen atoms in total. The summed E-state index contributed by atoms with van der Waals surface area (Å²) >= 11 is 1.79. The lowest BCUT2D eigenvalue weighted by atomic mass is 10.2. The number of thiophene rings is 1. The Kier molecular flexibility index (Phi) is 6.36. The lowest BCUT2D eigenvalue weighted by molar-refractivity contribution is 0.249. The maximum absolute atomic E-state index is 13.7. The molecule has 0 radical (unpaired) electrons. The molecule has 1 saturated heterocycles. The second-order valence-corrected chi connectivity index (χ2v) is 6.99. The van der Waals surface area contributed by atoms with Gasteiger partial charge in [-0.2, -0.15) is 0 Å². The number of guanidine groups is 1. The van der Waals surface area contributed by atoms with Crippen LogP contribution in [-0.2, 0) is 6.54 Å². The van der Waals surface area contributed by atoms with Crippen LogP contribution < -0.4 is 10.6 Å². The molecule has 0 saturated carbocycles. The maximum Gasteiger partial charge on any atom is 0.191 e. The number of nitrogens with zero attached hydrogens (tertiary/aromatic N) is 3. The molecule has 1 atom stereocenters. The first-order valence-electron chi connectivity index (χ1n) is 8.59. The number of aliphatic imine (C=N–C) groups is 1. The number of likely N-dealkylation sites (tertiary alicyclic amines) is 1. The van der Waals surface area contributed by atoms with Gasteiger partial charge in [0.05, 0.1) is 18.3 Å². The average molecular weight is 361 g/mol. The Labute approximate surface area is 152 Å². The predicted octanol–water partition coefficient (Wildman–Crippen LogP) is 2.78. The van der Waals surface area contributed by atoms with Crippen molar-refractivity contribution in [1.82, 2.24) is 20.5 Å². The molecule has 134 valence electrons. The Bertz CT molecular complexity index is 683. The first kappa shape index (κ1) is 17.8. The van der Waals surface area contributed by atoms with Crippen LogP contribution in [0.4, 0.5) is 4.39 Å². The normalized spacial score (nSPS) is 16.8. The lowest BCUT2D eigenvalue weighted by Crippen LogP contribution is -2.42. The van der Waals surface area contributed by atoms with E-state index < -0.39 is 0 Å². The summed E-state index contributed by atoms with van der Waals surface area (Å²) in [4.78, 5) is 12.2. The molecular formula is C18H24FN5S. The first-order chi connectivity index (χ1) is 12.3. The number of rotatable bonds is 6. The molecule has 2 aromatic heterocycles. The van der Waals surface area contributed by atoms with Crippen molar-refractivity contribution >= 4 is 17.3 Å². The molecule has 25 heavy (non-hydrogen) atoms. The Hall–Kier alpha value is -1.99. The van der Waals surface area contributed by atoms with Crippen LogP contribution in [0.5, 0.6) is 0 Å². The van der Waals surface area contributed by atoms with Crippen molar-refractivity contribution in [2.75, 3.05) is 26.7 Å². The number of halogens is 1. The van der Waals surface area contributed by atoms with Crippen molar-refractivity contribution in [3.8, 4) is 0 Å². The van der Waals surface area contributed by atoms with Gasteiger partial charge >= 0.3 is 0 Å². The number of pyridine rings is 1. The number of aromatic nitrogens is 1. The third-order valence-corrected chi connectivity index (χ3v) is 5.37. The van der Waals surface area contributed by atoms with Crippen molar-refractivity contribution in [2.24, 2.45) is 4.99 Å². The summed E-state index contributed by atoms with van der Waals surface area (Å²) in [6, 6.07) is 7.63. The average Bonchev–Trinajstić information content (AvgIpc) is 3.33. The van der Waals surface area contributed by atoms with E-state index in [1.165, 1.54) is 23.8 Å². The van der Waals surface area contributed by atoms with Gasteiger partial charge in [-0.15, -0.1) is 11.3 Å². The summed E-state index contributed by atoms with van der Waals surface area (Å²) in [5, 5.41) is 8.64. The lowest BCUT2D eigenvalue weighted by Gasteiger charge is -2.27. The highest BCUT2D eigenvalue weighted by atomic mass is 32.1. The fraction of sp³-hybridized carbons (Fsp3) is 0.444. The van der Waals surface area contributed by atoms with Crippen LogP contribution in [0.2, 0.25) is 0 Å². The number of hydrogen-bond donors (Lipinski definition) is 2. The topological polar surface area (TPSA) is 52.6 Å². The number of nitrogens with one attached hydrogen (secondary N) is 2. The molecule has 0 amide bonds. The smallest absolute Gasteiger partial charge is 0.191 e. The van der Waals surface area contributed by atoms with Crippen molar-refractivity contribution < 1.29 is 4.39 Å². The first-order valence-corrected chi connectivity index (χ1v) is 9.47. The van der Waals surface area contributed by atoms with Crippen LogP contribution in [0, 0.1) is 5.82 Å². The van der Waals surface area contributed by atoms with Crippen molar-refractivity contribution in [2.45, 2.75) is 25.4 Å². The quantitative estimate of drug-likeness (QED) is 0.614. The van der Waals surface area contributed by atoms with E-state index in [1.807, 2.05) is 0 Å². The summed E-state index contributed by atoms with van der Waals surface area (Å²) in [6.45, 7) is 3.34. The second-order valence-electron chi connectivity index (χ2n) is 6.01. The van der Waals surface area contributed by atoms with E-state index >= 15 is 0 Å². The molecule has 0 aromatic carbocycles. The molecule has 2 N–H and O–H groups in total. The van der Waals surface area contributed by atoms with E-state index in [-0.39, 0.29) is 5.82 Å². The van der Waals surface area contributed by atoms with Gasteiger partial charge in [0.2, 0.25) is 0 Å². The van der Waals surface area contributed by atoms with E-state index in [0.717, 1.165) is 19.6 Å². The van der Waals surface area contributed by atoms with Gasteiger partial charge in [0, 0.05) is 24.7 Å². The molecule has 2 aromatic rings. The largest absolute Gasteiger partial charge is 0.354 e. The molecular weight excluding hydrogens is 337 g/mol. The molecule has 1 fully saturated rings. The number of hydrogen-bond acceptors (Lipinski definition) is 4. The van der Waals surface area contributed by atoms with E-state index in [9.17, 15) is 4.39 Å². The van der Waals surface area contributed by atoms with Crippen molar-refractivity contribution in [3.05, 3.63) is 52.2 Å². The molecule has 0 bridgehead atoms. The van der Waals surface area contributed by atoms with E-state index in [1.54, 1.807) is 30.6 Å². The van der Waals surface area contributed by atoms with Crippen LogP contribution in [0.15, 0.2) is 40.8 Å². The van der Waals surface area contributed by atoms with Gasteiger partial charge in [0.25, 0.3) is 0 Å². The minimum atomic E-state index is -0.306. The van der Waals surface area contributed by atoms with Crippen LogP contribution >= 0.6 is 11.3 Å². The fourth-order valence-electron chi connectivity index (χ4n) is 3.07. The molecule has 0 aliphatic carbocycles. The van der Waals surface area contributed by atoms with Crippen molar-refractivity contribution in [1.29, 1.82) is 0 Å². The van der Waals surface area contributed by atoms with Crippen LogP contribution in [0.1, 0.15) is 29.5 Å². The van der Waals surface area contributed by atoms with Crippen LogP contribution in [0.25, 0.3) is 0 Å². The van der Waals surface area contributed by atoms with Gasteiger partial charge in [-0.3, -0.25) is 14.9 Å². The summed E-state index contributed by atoms with van der Waals surface area (Å²) < 4.78 is 13.7. The van der Waals surface area contributed by atoms with Gasteiger partial charge < -0.3 is 10.6 Å². The zero-order chi connectivity index (χ0) is 17.5. The van der Waals surface area contributed by atoms with Gasteiger partial charge in [0.1, 0.15) is 5.82 Å². The molecule has 1 unspecified atom stereocenters. The monoisotopic (exact) mass is 361 g/mol. The third kappa shape index (κ3) is 4.76. The summed E-state index contributed by atoms with van der Waals surface area (Å²) in [5.41, 5.74) is 0.389. The highest BCUT2D eigenvalue weighted by molar-refractivity contribution is 7.10. The molecule has 3 heterocycles. The molecule has 3 rings (SSSR count). The van der Waals surface area contributed by atoms with E-state index in [2.05, 4.69) is 43.0 Å². The molecule has 1 aliphatic rings. The predicted molar refractivity (Wildman–Crippen MR) is 100 cm³/mol. The Morgan fingerprint density at radius 1 is 1.32 bits per heavy atom. The summed E-state index contributed by atoms with van der Waals surface area (Å²) in [6.07, 6.45) is 4.11. The molecule has 7 heteroatoms. The summed E-state index contributed by atoms with van der Waals surface area (Å²) in [5.74, 6) is 0.352. The van der Waals surface area contributed by atoms with Gasteiger partial charge in [0.15, 0.2) is 5.96 Å². The standard InChI is InChI=1S/C18H24FN5S/c1-20-18(22-12-15-14(19)6-4-8-21-15)23-13-16(17-7-5-11-25-17)24-9-2-3-10-24/h4-8,11,16H,2-3,9-10,12-13H2,1H3,(H2,20,22,23). The third-order valence-electron chi connectivity index (χ3n) is 4.40. The zero-order valence-corrected chi connectivity index (χ0v) is 15.2. The Morgan fingerprint density at radius 3 is 2.84 bits per heavy atom. The summed E-state index contributed by atoms with van der Waals surface area (Å²) in [7, 11) is 1.72. The van der Waals surface area contributed by atoms with Crippen LogP contribution in [0.3, 0.4) is 0 Å². The van der Waals surface area contributed by atoms with E-state index in [0.29, 0.717) is 24.2 Å². The Morgan fingerprint density at radius 2 is 2.16 bits per heavy atom.